The molecule has 0 saturated heterocycles. The summed E-state index contributed by atoms with van der Waals surface area (Å²) in [5.41, 5.74) is 6.69. The zero-order valence-corrected chi connectivity index (χ0v) is 11.3. The van der Waals surface area contributed by atoms with Crippen LogP contribution in [0.15, 0.2) is 28.8 Å². The molecule has 22 heavy (non-hydrogen) atoms. The number of halogens is 3. The van der Waals surface area contributed by atoms with E-state index in [9.17, 15) is 13.2 Å². The van der Waals surface area contributed by atoms with Crippen LogP contribution in [0.2, 0.25) is 0 Å². The van der Waals surface area contributed by atoms with Crippen molar-refractivity contribution in [2.24, 2.45) is 0 Å². The average Bonchev–Trinajstić information content (AvgIpc) is 3.08. The minimum absolute atomic E-state index is 0.0763. The van der Waals surface area contributed by atoms with Gasteiger partial charge in [-0.25, -0.2) is 0 Å². The molecule has 1 aromatic carbocycles. The molecule has 0 unspecified atom stereocenters. The molecule has 2 aromatic heterocycles. The summed E-state index contributed by atoms with van der Waals surface area (Å²) in [6.45, 7) is 1.79. The molecular formula is C13H10F3N5O. The maximum atomic E-state index is 12.5. The van der Waals surface area contributed by atoms with Gasteiger partial charge < -0.3 is 10.3 Å². The van der Waals surface area contributed by atoms with Crippen LogP contribution in [-0.4, -0.2) is 20.3 Å². The van der Waals surface area contributed by atoms with E-state index in [1.165, 1.54) is 0 Å². The number of nitrogens with two attached hydrogens (primary N) is 1. The predicted octanol–water partition coefficient (Wildman–Crippen LogP) is 3.04. The average molecular weight is 309 g/mol. The number of anilines is 1. The normalized spacial score (nSPS) is 11.8. The van der Waals surface area contributed by atoms with E-state index in [4.69, 9.17) is 10.3 Å². The molecule has 0 fully saturated rings. The van der Waals surface area contributed by atoms with Crippen molar-refractivity contribution in [1.29, 1.82) is 0 Å². The number of aromatic amines is 1. The van der Waals surface area contributed by atoms with Crippen molar-refractivity contribution in [3.63, 3.8) is 0 Å². The summed E-state index contributed by atoms with van der Waals surface area (Å²) >= 11 is 0. The van der Waals surface area contributed by atoms with Crippen LogP contribution in [0.1, 0.15) is 11.3 Å². The Bertz CT molecular complexity index is 821. The summed E-state index contributed by atoms with van der Waals surface area (Å²) in [5, 5.41) is 9.18. The van der Waals surface area contributed by atoms with Crippen LogP contribution >= 0.6 is 0 Å². The molecule has 0 amide bonds. The number of H-pyrrole nitrogens is 1. The molecule has 6 nitrogen and oxygen atoms in total. The molecule has 3 aromatic rings. The highest BCUT2D eigenvalue weighted by atomic mass is 19.4. The number of benzene rings is 1. The summed E-state index contributed by atoms with van der Waals surface area (Å²) in [5.74, 6) is 0.125. The van der Waals surface area contributed by atoms with Gasteiger partial charge in [0.2, 0.25) is 5.82 Å². The van der Waals surface area contributed by atoms with E-state index in [2.05, 4.69) is 15.2 Å². The van der Waals surface area contributed by atoms with E-state index in [1.807, 2.05) is 5.10 Å². The first-order valence-electron chi connectivity index (χ1n) is 6.18. The van der Waals surface area contributed by atoms with Crippen LogP contribution < -0.4 is 5.73 Å². The van der Waals surface area contributed by atoms with E-state index < -0.39 is 11.9 Å². The van der Waals surface area contributed by atoms with Crippen LogP contribution in [0, 0.1) is 6.92 Å². The van der Waals surface area contributed by atoms with Crippen LogP contribution in [0.25, 0.3) is 23.0 Å². The van der Waals surface area contributed by atoms with E-state index in [0.29, 0.717) is 11.3 Å². The van der Waals surface area contributed by atoms with E-state index >= 15 is 0 Å². The van der Waals surface area contributed by atoms with Gasteiger partial charge in [-0.05, 0) is 18.6 Å². The Morgan fingerprint density at radius 2 is 2.05 bits per heavy atom. The lowest BCUT2D eigenvalue weighted by molar-refractivity contribution is -0.141. The van der Waals surface area contributed by atoms with Crippen molar-refractivity contribution in [3.8, 4) is 23.0 Å². The maximum absolute atomic E-state index is 12.5. The Labute approximate surface area is 122 Å². The number of alkyl halides is 3. The number of nitrogen functional groups attached to an aromatic ring is 1. The summed E-state index contributed by atoms with van der Waals surface area (Å²) in [4.78, 5) is 4.06. The zero-order chi connectivity index (χ0) is 15.9. The van der Waals surface area contributed by atoms with Gasteiger partial charge in [0, 0.05) is 17.3 Å². The van der Waals surface area contributed by atoms with Crippen molar-refractivity contribution in [2.45, 2.75) is 13.1 Å². The lowest BCUT2D eigenvalue weighted by Crippen LogP contribution is -2.04. The fourth-order valence-corrected chi connectivity index (χ4v) is 1.91. The third-order valence-electron chi connectivity index (χ3n) is 3.15. The summed E-state index contributed by atoms with van der Waals surface area (Å²) < 4.78 is 42.6. The second kappa shape index (κ2) is 4.86. The van der Waals surface area contributed by atoms with Gasteiger partial charge in [-0.15, -0.1) is 0 Å². The minimum atomic E-state index is -4.52. The molecule has 0 bridgehead atoms. The number of aromatic nitrogens is 4. The first-order valence-corrected chi connectivity index (χ1v) is 6.18. The van der Waals surface area contributed by atoms with Gasteiger partial charge in [-0.1, -0.05) is 17.3 Å². The highest BCUT2D eigenvalue weighted by molar-refractivity contribution is 5.68. The highest BCUT2D eigenvalue weighted by Crippen LogP contribution is 2.31. The standard InChI is InChI=1S/C13H10F3N5O/c1-6-7(3-2-4-8(6)17)11-18-12(22-21-11)9-5-10(20-19-9)13(14,15)16/h2-5H,17H2,1H3,(H,19,20). The predicted molar refractivity (Wildman–Crippen MR) is 71.5 cm³/mol. The lowest BCUT2D eigenvalue weighted by Gasteiger charge is -2.03. The minimum Gasteiger partial charge on any atom is -0.398 e. The van der Waals surface area contributed by atoms with Gasteiger partial charge in [-0.3, -0.25) is 5.10 Å². The van der Waals surface area contributed by atoms with Crippen molar-refractivity contribution >= 4 is 5.69 Å². The molecule has 114 valence electrons. The Kier molecular flexibility index (Phi) is 3.12. The molecule has 0 atom stereocenters. The fourth-order valence-electron chi connectivity index (χ4n) is 1.91. The van der Waals surface area contributed by atoms with Crippen molar-refractivity contribution in [2.75, 3.05) is 5.73 Å². The number of nitrogens with one attached hydrogen (secondary N) is 1. The summed E-state index contributed by atoms with van der Waals surface area (Å²) in [6.07, 6.45) is -4.52. The van der Waals surface area contributed by atoms with Crippen LogP contribution in [0.3, 0.4) is 0 Å². The Hall–Kier alpha value is -2.84. The highest BCUT2D eigenvalue weighted by Gasteiger charge is 2.33. The van der Waals surface area contributed by atoms with Gasteiger partial charge in [-0.2, -0.15) is 23.3 Å². The number of hydrogen-bond acceptors (Lipinski definition) is 5. The van der Waals surface area contributed by atoms with E-state index in [1.54, 1.807) is 25.1 Å². The molecular weight excluding hydrogens is 299 g/mol. The quantitative estimate of drug-likeness (QED) is 0.710. The second-order valence-corrected chi connectivity index (χ2v) is 4.61. The van der Waals surface area contributed by atoms with Gasteiger partial charge in [0.05, 0.1) is 0 Å². The SMILES string of the molecule is Cc1c(N)cccc1-c1noc(-c2cc(C(F)(F)F)[nH]n2)n1. The molecule has 2 heterocycles. The van der Waals surface area contributed by atoms with Crippen LogP contribution in [-0.2, 0) is 6.18 Å². The second-order valence-electron chi connectivity index (χ2n) is 4.61. The van der Waals surface area contributed by atoms with Crippen molar-refractivity contribution < 1.29 is 17.7 Å². The largest absolute Gasteiger partial charge is 0.432 e. The smallest absolute Gasteiger partial charge is 0.398 e. The number of hydrogen-bond donors (Lipinski definition) is 2. The first-order chi connectivity index (χ1) is 10.4. The number of nitrogens with zero attached hydrogens (tertiary/aromatic N) is 3. The topological polar surface area (TPSA) is 93.6 Å². The monoisotopic (exact) mass is 309 g/mol. The van der Waals surface area contributed by atoms with Crippen molar-refractivity contribution in [3.05, 3.63) is 35.5 Å². The van der Waals surface area contributed by atoms with Gasteiger partial charge >= 0.3 is 6.18 Å². The molecule has 3 N–H and O–H groups in total. The third kappa shape index (κ3) is 2.41. The Morgan fingerprint density at radius 1 is 1.27 bits per heavy atom. The zero-order valence-electron chi connectivity index (χ0n) is 11.3. The first kappa shape index (κ1) is 14.1. The maximum Gasteiger partial charge on any atom is 0.432 e. The van der Waals surface area contributed by atoms with Gasteiger partial charge in [0.1, 0.15) is 5.69 Å². The molecule has 0 spiro atoms. The lowest BCUT2D eigenvalue weighted by atomic mass is 10.1. The Morgan fingerprint density at radius 3 is 2.73 bits per heavy atom. The summed E-state index contributed by atoms with van der Waals surface area (Å²) in [7, 11) is 0. The molecule has 0 aliphatic heterocycles. The molecule has 0 aliphatic carbocycles. The Balaban J connectivity index is 1.97. The van der Waals surface area contributed by atoms with Gasteiger partial charge in [0.15, 0.2) is 5.69 Å². The van der Waals surface area contributed by atoms with E-state index in [0.717, 1.165) is 11.6 Å². The van der Waals surface area contributed by atoms with Crippen LogP contribution in [0.5, 0.6) is 0 Å². The summed E-state index contributed by atoms with van der Waals surface area (Å²) in [6, 6.07) is 6.00. The molecule has 0 radical (unpaired) electrons. The van der Waals surface area contributed by atoms with Crippen LogP contribution in [0.4, 0.5) is 18.9 Å². The third-order valence-corrected chi connectivity index (χ3v) is 3.15. The molecule has 0 aliphatic rings. The van der Waals surface area contributed by atoms with E-state index in [-0.39, 0.29) is 17.4 Å². The van der Waals surface area contributed by atoms with Crippen molar-refractivity contribution in [1.82, 2.24) is 20.3 Å². The molecule has 3 rings (SSSR count). The van der Waals surface area contributed by atoms with Gasteiger partial charge in [0.25, 0.3) is 5.89 Å². The molecule has 0 saturated carbocycles. The molecule has 9 heteroatoms. The fraction of sp³-hybridized carbons (Fsp3) is 0.154. The number of rotatable bonds is 2.